The SMILES string of the molecule is Cn1nc(C(=O)NC2CC2)c2c1CN(C(=O)c1cccnn1)C2. The zero-order chi connectivity index (χ0) is 16.0. The van der Waals surface area contributed by atoms with Gasteiger partial charge in [-0.3, -0.25) is 14.3 Å². The van der Waals surface area contributed by atoms with Gasteiger partial charge in [-0.25, -0.2) is 0 Å². The first-order valence-corrected chi connectivity index (χ1v) is 7.56. The second-order valence-electron chi connectivity index (χ2n) is 5.92. The second-order valence-corrected chi connectivity index (χ2v) is 5.92. The predicted molar refractivity (Wildman–Crippen MR) is 79.3 cm³/mol. The molecule has 0 aromatic carbocycles. The van der Waals surface area contributed by atoms with Crippen molar-refractivity contribution in [3.8, 4) is 0 Å². The lowest BCUT2D eigenvalue weighted by molar-refractivity contribution is 0.0738. The van der Waals surface area contributed by atoms with Crippen molar-refractivity contribution >= 4 is 11.8 Å². The van der Waals surface area contributed by atoms with Gasteiger partial charge in [0.1, 0.15) is 0 Å². The van der Waals surface area contributed by atoms with Crippen LogP contribution in [0.4, 0.5) is 0 Å². The van der Waals surface area contributed by atoms with E-state index in [0.29, 0.717) is 24.5 Å². The Balaban J connectivity index is 1.57. The normalized spacial score (nSPS) is 16.3. The summed E-state index contributed by atoms with van der Waals surface area (Å²) in [6.07, 6.45) is 3.58. The Morgan fingerprint density at radius 2 is 2.13 bits per heavy atom. The van der Waals surface area contributed by atoms with E-state index in [1.54, 1.807) is 28.8 Å². The van der Waals surface area contributed by atoms with Gasteiger partial charge in [0.25, 0.3) is 11.8 Å². The third-order valence-electron chi connectivity index (χ3n) is 4.17. The van der Waals surface area contributed by atoms with E-state index in [1.165, 1.54) is 6.20 Å². The third-order valence-corrected chi connectivity index (χ3v) is 4.17. The minimum Gasteiger partial charge on any atom is -0.348 e. The van der Waals surface area contributed by atoms with Crippen LogP contribution in [0, 0.1) is 0 Å². The molecule has 1 aliphatic heterocycles. The lowest BCUT2D eigenvalue weighted by atomic mass is 10.2. The van der Waals surface area contributed by atoms with Crippen LogP contribution < -0.4 is 5.32 Å². The van der Waals surface area contributed by atoms with Crippen LogP contribution in [0.25, 0.3) is 0 Å². The lowest BCUT2D eigenvalue weighted by Gasteiger charge is -2.15. The fourth-order valence-corrected chi connectivity index (χ4v) is 2.78. The molecule has 2 amide bonds. The summed E-state index contributed by atoms with van der Waals surface area (Å²) in [5.41, 5.74) is 2.44. The van der Waals surface area contributed by atoms with Crippen LogP contribution in [0.3, 0.4) is 0 Å². The van der Waals surface area contributed by atoms with Crippen molar-refractivity contribution in [1.29, 1.82) is 0 Å². The quantitative estimate of drug-likeness (QED) is 0.877. The first-order chi connectivity index (χ1) is 11.1. The molecule has 0 bridgehead atoms. The molecular formula is C15H16N6O2. The van der Waals surface area contributed by atoms with Crippen molar-refractivity contribution in [2.75, 3.05) is 0 Å². The number of hydrogen-bond acceptors (Lipinski definition) is 5. The van der Waals surface area contributed by atoms with Crippen LogP contribution in [-0.4, -0.2) is 42.7 Å². The number of aromatic nitrogens is 4. The van der Waals surface area contributed by atoms with E-state index in [2.05, 4.69) is 20.6 Å². The van der Waals surface area contributed by atoms with Gasteiger partial charge in [-0.2, -0.15) is 10.2 Å². The highest BCUT2D eigenvalue weighted by Gasteiger charge is 2.34. The van der Waals surface area contributed by atoms with Crippen LogP contribution in [0.5, 0.6) is 0 Å². The average molecular weight is 312 g/mol. The van der Waals surface area contributed by atoms with Gasteiger partial charge in [0, 0.05) is 24.8 Å². The van der Waals surface area contributed by atoms with Crippen LogP contribution >= 0.6 is 0 Å². The van der Waals surface area contributed by atoms with Crippen molar-refractivity contribution in [3.63, 3.8) is 0 Å². The van der Waals surface area contributed by atoms with E-state index in [0.717, 1.165) is 24.1 Å². The van der Waals surface area contributed by atoms with Crippen LogP contribution in [0.1, 0.15) is 45.1 Å². The molecule has 4 rings (SSSR count). The fraction of sp³-hybridized carbons (Fsp3) is 0.400. The first kappa shape index (κ1) is 13.9. The summed E-state index contributed by atoms with van der Waals surface area (Å²) in [6.45, 7) is 0.789. The zero-order valence-corrected chi connectivity index (χ0v) is 12.7. The van der Waals surface area contributed by atoms with E-state index in [-0.39, 0.29) is 17.9 Å². The van der Waals surface area contributed by atoms with E-state index in [4.69, 9.17) is 0 Å². The summed E-state index contributed by atoms with van der Waals surface area (Å²) in [5, 5.41) is 14.9. The van der Waals surface area contributed by atoms with Gasteiger partial charge < -0.3 is 10.2 Å². The summed E-state index contributed by atoms with van der Waals surface area (Å²) in [6, 6.07) is 3.59. The number of carbonyl (C=O) groups is 2. The van der Waals surface area contributed by atoms with Crippen molar-refractivity contribution in [1.82, 2.24) is 30.2 Å². The standard InChI is InChI=1S/C15H16N6O2/c1-20-12-8-21(15(23)11-3-2-6-16-18-11)7-10(12)13(19-20)14(22)17-9-4-5-9/h2-3,6,9H,4-5,7-8H2,1H3,(H,17,22). The highest BCUT2D eigenvalue weighted by Crippen LogP contribution is 2.27. The van der Waals surface area contributed by atoms with Gasteiger partial charge in [-0.05, 0) is 25.0 Å². The Bertz CT molecular complexity index is 781. The van der Waals surface area contributed by atoms with Crippen LogP contribution in [0.2, 0.25) is 0 Å². The van der Waals surface area contributed by atoms with Gasteiger partial charge in [0.05, 0.1) is 18.8 Å². The molecule has 23 heavy (non-hydrogen) atoms. The van der Waals surface area contributed by atoms with Gasteiger partial charge in [0.15, 0.2) is 11.4 Å². The van der Waals surface area contributed by atoms with Gasteiger partial charge in [0.2, 0.25) is 0 Å². The molecule has 2 aliphatic rings. The minimum atomic E-state index is -0.192. The van der Waals surface area contributed by atoms with Gasteiger partial charge >= 0.3 is 0 Å². The Kier molecular flexibility index (Phi) is 3.10. The summed E-state index contributed by atoms with van der Waals surface area (Å²) in [4.78, 5) is 26.4. The van der Waals surface area contributed by atoms with E-state index in [1.807, 2.05) is 0 Å². The Morgan fingerprint density at radius 1 is 1.30 bits per heavy atom. The van der Waals surface area contributed by atoms with Crippen molar-refractivity contribution in [3.05, 3.63) is 41.0 Å². The predicted octanol–water partition coefficient (Wildman–Crippen LogP) is 0.258. The highest BCUT2D eigenvalue weighted by atomic mass is 16.2. The molecule has 0 saturated heterocycles. The molecule has 0 unspecified atom stereocenters. The van der Waals surface area contributed by atoms with Crippen molar-refractivity contribution in [2.24, 2.45) is 7.05 Å². The molecule has 118 valence electrons. The largest absolute Gasteiger partial charge is 0.348 e. The number of hydrogen-bond donors (Lipinski definition) is 1. The maximum atomic E-state index is 12.5. The molecule has 0 radical (unpaired) electrons. The summed E-state index contributed by atoms with van der Waals surface area (Å²) in [7, 11) is 1.79. The fourth-order valence-electron chi connectivity index (χ4n) is 2.78. The highest BCUT2D eigenvalue weighted by molar-refractivity contribution is 5.96. The Hall–Kier alpha value is -2.77. The molecule has 8 nitrogen and oxygen atoms in total. The summed E-state index contributed by atoms with van der Waals surface area (Å²) >= 11 is 0. The van der Waals surface area contributed by atoms with Gasteiger partial charge in [-0.1, -0.05) is 0 Å². The number of amides is 2. The van der Waals surface area contributed by atoms with Crippen molar-refractivity contribution < 1.29 is 9.59 Å². The number of nitrogens with one attached hydrogen (secondary N) is 1. The monoisotopic (exact) mass is 312 g/mol. The van der Waals surface area contributed by atoms with Crippen LogP contribution in [0.15, 0.2) is 18.3 Å². The Labute approximate surface area is 132 Å². The molecule has 1 saturated carbocycles. The number of aryl methyl sites for hydroxylation is 1. The maximum Gasteiger partial charge on any atom is 0.275 e. The molecule has 1 aliphatic carbocycles. The molecular weight excluding hydrogens is 296 g/mol. The second kappa shape index (κ2) is 5.15. The first-order valence-electron chi connectivity index (χ1n) is 7.56. The number of rotatable bonds is 3. The van der Waals surface area contributed by atoms with E-state index in [9.17, 15) is 9.59 Å². The molecule has 0 atom stereocenters. The molecule has 2 aromatic rings. The van der Waals surface area contributed by atoms with Crippen LogP contribution in [-0.2, 0) is 20.1 Å². The van der Waals surface area contributed by atoms with Gasteiger partial charge in [-0.15, -0.1) is 5.10 Å². The molecule has 2 aromatic heterocycles. The summed E-state index contributed by atoms with van der Waals surface area (Å²) in [5.74, 6) is -0.346. The Morgan fingerprint density at radius 3 is 2.83 bits per heavy atom. The van der Waals surface area contributed by atoms with E-state index < -0.39 is 0 Å². The molecule has 1 N–H and O–H groups in total. The number of nitrogens with zero attached hydrogens (tertiary/aromatic N) is 5. The molecule has 8 heteroatoms. The topological polar surface area (TPSA) is 93.0 Å². The smallest absolute Gasteiger partial charge is 0.275 e. The molecule has 3 heterocycles. The van der Waals surface area contributed by atoms with Crippen molar-refractivity contribution in [2.45, 2.75) is 32.0 Å². The maximum absolute atomic E-state index is 12.5. The summed E-state index contributed by atoms with van der Waals surface area (Å²) < 4.78 is 1.68. The van der Waals surface area contributed by atoms with E-state index >= 15 is 0 Å². The zero-order valence-electron chi connectivity index (χ0n) is 12.7. The molecule has 0 spiro atoms. The third kappa shape index (κ3) is 2.45. The molecule has 1 fully saturated rings. The number of carbonyl (C=O) groups excluding carboxylic acids is 2. The minimum absolute atomic E-state index is 0.154. The number of fused-ring (bicyclic) bond motifs is 1. The average Bonchev–Trinajstić information content (AvgIpc) is 3.17. The lowest BCUT2D eigenvalue weighted by Crippen LogP contribution is -2.29.